The zero-order valence-electron chi connectivity index (χ0n) is 17.2. The highest BCUT2D eigenvalue weighted by molar-refractivity contribution is 6.33. The van der Waals surface area contributed by atoms with E-state index in [-0.39, 0.29) is 0 Å². The maximum Gasteiger partial charge on any atom is 0.268 e. The molecule has 31 heavy (non-hydrogen) atoms. The summed E-state index contributed by atoms with van der Waals surface area (Å²) in [5.74, 6) is 2.10. The van der Waals surface area contributed by atoms with Gasteiger partial charge in [0.05, 0.1) is 5.69 Å². The highest BCUT2D eigenvalue weighted by Crippen LogP contribution is 2.34. The third kappa shape index (κ3) is 4.33. The Labute approximate surface area is 190 Å². The van der Waals surface area contributed by atoms with Crippen LogP contribution in [-0.4, -0.2) is 58.5 Å². The predicted molar refractivity (Wildman–Crippen MR) is 121 cm³/mol. The molecule has 0 spiro atoms. The van der Waals surface area contributed by atoms with E-state index in [0.717, 1.165) is 56.1 Å². The second kappa shape index (κ2) is 8.61. The van der Waals surface area contributed by atoms with Crippen molar-refractivity contribution in [3.63, 3.8) is 0 Å². The summed E-state index contributed by atoms with van der Waals surface area (Å²) in [6.45, 7) is 4.25. The summed E-state index contributed by atoms with van der Waals surface area (Å²) in [4.78, 5) is 4.52. The Morgan fingerprint density at radius 1 is 1.06 bits per heavy atom. The van der Waals surface area contributed by atoms with Crippen molar-refractivity contribution in [2.24, 2.45) is 0 Å². The number of halogens is 2. The smallest absolute Gasteiger partial charge is 0.268 e. The van der Waals surface area contributed by atoms with Crippen LogP contribution in [0.1, 0.15) is 30.2 Å². The molecule has 3 aromatic rings. The lowest BCUT2D eigenvalue weighted by Crippen LogP contribution is -2.34. The molecule has 1 aromatic carbocycles. The number of piperidine rings is 1. The normalized spacial score (nSPS) is 17.5. The van der Waals surface area contributed by atoms with Gasteiger partial charge >= 0.3 is 0 Å². The zero-order chi connectivity index (χ0) is 21.4. The van der Waals surface area contributed by atoms with E-state index in [1.807, 2.05) is 18.2 Å². The number of benzene rings is 1. The minimum Gasteiger partial charge on any atom is -0.419 e. The molecule has 0 saturated carbocycles. The second-order valence-corrected chi connectivity index (χ2v) is 8.91. The van der Waals surface area contributed by atoms with Gasteiger partial charge in [-0.3, -0.25) is 0 Å². The van der Waals surface area contributed by atoms with Crippen LogP contribution in [0.15, 0.2) is 28.7 Å². The average Bonchev–Trinajstić information content (AvgIpc) is 3.27. The first-order valence-electron chi connectivity index (χ1n) is 10.4. The van der Waals surface area contributed by atoms with Crippen molar-refractivity contribution < 1.29 is 4.42 Å². The number of nitrogens with zero attached hydrogens (tertiary/aromatic N) is 6. The van der Waals surface area contributed by atoms with Crippen molar-refractivity contribution in [3.8, 4) is 11.6 Å². The van der Waals surface area contributed by atoms with Crippen LogP contribution in [0, 0.1) is 0 Å². The Hall–Kier alpha value is -2.42. The van der Waals surface area contributed by atoms with E-state index >= 15 is 0 Å². The van der Waals surface area contributed by atoms with Gasteiger partial charge in [0.15, 0.2) is 11.5 Å². The standard InChI is InChI=1S/C21H23Cl2N7O/c1-29-7-4-13(5-8-29)20-27-28-21(31-20)17-11-18-19(26-25-17)24-6-9-30(18)12-14-10-15(22)2-3-16(14)23/h2-3,10-11,13H,4-9,12H2,1H3,(H,24,26). The van der Waals surface area contributed by atoms with Crippen LogP contribution in [0.25, 0.3) is 11.6 Å². The van der Waals surface area contributed by atoms with E-state index in [2.05, 4.69) is 42.6 Å². The molecule has 2 aliphatic rings. The molecule has 5 rings (SSSR count). The number of nitrogens with one attached hydrogen (secondary N) is 1. The minimum absolute atomic E-state index is 0.297. The molecule has 0 aliphatic carbocycles. The van der Waals surface area contributed by atoms with Gasteiger partial charge in [-0.05, 0) is 62.8 Å². The molecule has 10 heteroatoms. The molecule has 2 aliphatic heterocycles. The van der Waals surface area contributed by atoms with Crippen LogP contribution in [0.3, 0.4) is 0 Å². The highest BCUT2D eigenvalue weighted by Gasteiger charge is 2.26. The summed E-state index contributed by atoms with van der Waals surface area (Å²) in [6, 6.07) is 7.45. The van der Waals surface area contributed by atoms with Gasteiger partial charge in [0.1, 0.15) is 0 Å². The second-order valence-electron chi connectivity index (χ2n) is 8.07. The summed E-state index contributed by atoms with van der Waals surface area (Å²) in [7, 11) is 2.13. The van der Waals surface area contributed by atoms with Crippen molar-refractivity contribution in [2.45, 2.75) is 25.3 Å². The number of aromatic nitrogens is 4. The number of fused-ring (bicyclic) bond motifs is 1. The first kappa shape index (κ1) is 20.5. The monoisotopic (exact) mass is 459 g/mol. The molecular formula is C21H23Cl2N7O. The molecule has 0 radical (unpaired) electrons. The SMILES string of the molecule is CN1CCC(c2nnc(-c3cc4c(nn3)NCCN4Cc3cc(Cl)ccc3Cl)o2)CC1. The molecule has 0 amide bonds. The summed E-state index contributed by atoms with van der Waals surface area (Å²) in [6.07, 6.45) is 2.04. The maximum atomic E-state index is 6.39. The van der Waals surface area contributed by atoms with Crippen LogP contribution in [-0.2, 0) is 6.54 Å². The Kier molecular flexibility index (Phi) is 5.69. The van der Waals surface area contributed by atoms with Crippen molar-refractivity contribution in [1.82, 2.24) is 25.3 Å². The third-order valence-electron chi connectivity index (χ3n) is 5.89. The van der Waals surface area contributed by atoms with Crippen LogP contribution in [0.5, 0.6) is 0 Å². The molecule has 1 N–H and O–H groups in total. The first-order valence-corrected chi connectivity index (χ1v) is 11.1. The van der Waals surface area contributed by atoms with Crippen LogP contribution < -0.4 is 10.2 Å². The molecule has 162 valence electrons. The van der Waals surface area contributed by atoms with Crippen molar-refractivity contribution in [3.05, 3.63) is 45.8 Å². The summed E-state index contributed by atoms with van der Waals surface area (Å²) >= 11 is 12.6. The highest BCUT2D eigenvalue weighted by atomic mass is 35.5. The topological polar surface area (TPSA) is 83.2 Å². The van der Waals surface area contributed by atoms with E-state index < -0.39 is 0 Å². The van der Waals surface area contributed by atoms with E-state index in [1.54, 1.807) is 6.07 Å². The predicted octanol–water partition coefficient (Wildman–Crippen LogP) is 4.07. The Balaban J connectivity index is 1.40. The van der Waals surface area contributed by atoms with Gasteiger partial charge in [0, 0.05) is 35.6 Å². The van der Waals surface area contributed by atoms with Gasteiger partial charge in [0.2, 0.25) is 5.89 Å². The van der Waals surface area contributed by atoms with Crippen LogP contribution in [0.2, 0.25) is 10.0 Å². The number of hydrogen-bond donors (Lipinski definition) is 1. The quantitative estimate of drug-likeness (QED) is 0.624. The number of anilines is 2. The molecule has 8 nitrogen and oxygen atoms in total. The molecule has 4 heterocycles. The lowest BCUT2D eigenvalue weighted by atomic mass is 9.97. The van der Waals surface area contributed by atoms with E-state index in [4.69, 9.17) is 27.6 Å². The number of hydrogen-bond acceptors (Lipinski definition) is 8. The zero-order valence-corrected chi connectivity index (χ0v) is 18.7. The maximum absolute atomic E-state index is 6.39. The third-order valence-corrected chi connectivity index (χ3v) is 6.49. The fourth-order valence-corrected chi connectivity index (χ4v) is 4.45. The fraction of sp³-hybridized carbons (Fsp3) is 0.429. The van der Waals surface area contributed by atoms with Crippen molar-refractivity contribution in [1.29, 1.82) is 0 Å². The van der Waals surface area contributed by atoms with Gasteiger partial charge in [-0.1, -0.05) is 23.2 Å². The number of likely N-dealkylation sites (tertiary alicyclic amines) is 1. The summed E-state index contributed by atoms with van der Waals surface area (Å²) in [5.41, 5.74) is 2.45. The van der Waals surface area contributed by atoms with Crippen molar-refractivity contribution >= 4 is 34.7 Å². The Morgan fingerprint density at radius 3 is 2.74 bits per heavy atom. The summed E-state index contributed by atoms with van der Waals surface area (Å²) < 4.78 is 6.00. The fourth-order valence-electron chi connectivity index (χ4n) is 4.08. The lowest BCUT2D eigenvalue weighted by Gasteiger charge is -2.31. The van der Waals surface area contributed by atoms with Gasteiger partial charge in [0.25, 0.3) is 5.89 Å². The van der Waals surface area contributed by atoms with Gasteiger partial charge in [-0.15, -0.1) is 20.4 Å². The molecule has 1 saturated heterocycles. The van der Waals surface area contributed by atoms with Crippen LogP contribution >= 0.6 is 23.2 Å². The van der Waals surface area contributed by atoms with E-state index in [9.17, 15) is 0 Å². The minimum atomic E-state index is 0.297. The Bertz CT molecular complexity index is 1080. The van der Waals surface area contributed by atoms with E-state index in [1.165, 1.54) is 0 Å². The summed E-state index contributed by atoms with van der Waals surface area (Å²) in [5, 5.41) is 21.9. The molecule has 0 unspecified atom stereocenters. The largest absolute Gasteiger partial charge is 0.419 e. The molecule has 2 aromatic heterocycles. The lowest BCUT2D eigenvalue weighted by molar-refractivity contribution is 0.237. The van der Waals surface area contributed by atoms with Crippen molar-refractivity contribution in [2.75, 3.05) is 43.4 Å². The van der Waals surface area contributed by atoms with E-state index in [0.29, 0.717) is 40.0 Å². The Morgan fingerprint density at radius 2 is 1.90 bits per heavy atom. The molecule has 1 fully saturated rings. The van der Waals surface area contributed by atoms with Crippen LogP contribution in [0.4, 0.5) is 11.5 Å². The molecular weight excluding hydrogens is 437 g/mol. The van der Waals surface area contributed by atoms with Gasteiger partial charge in [-0.25, -0.2) is 0 Å². The van der Waals surface area contributed by atoms with Gasteiger partial charge < -0.3 is 19.5 Å². The molecule has 0 atom stereocenters. The first-order chi connectivity index (χ1) is 15.1. The van der Waals surface area contributed by atoms with Gasteiger partial charge in [-0.2, -0.15) is 0 Å². The molecule has 0 bridgehead atoms. The number of rotatable bonds is 4. The average molecular weight is 460 g/mol.